The first-order valence-corrected chi connectivity index (χ1v) is 10.0. The second kappa shape index (κ2) is 8.41. The molecular weight excluding hydrogens is 393 g/mol. The molecule has 30 heavy (non-hydrogen) atoms. The van der Waals surface area contributed by atoms with E-state index in [4.69, 9.17) is 4.74 Å². The zero-order chi connectivity index (χ0) is 22.1. The van der Waals surface area contributed by atoms with Gasteiger partial charge in [0.1, 0.15) is 17.9 Å². The molecule has 0 radical (unpaired) electrons. The topological polar surface area (TPSA) is 105 Å². The zero-order valence-electron chi connectivity index (χ0n) is 17.3. The van der Waals surface area contributed by atoms with Crippen molar-refractivity contribution in [1.29, 1.82) is 0 Å². The Morgan fingerprint density at radius 1 is 1.37 bits per heavy atom. The Morgan fingerprint density at radius 3 is 2.77 bits per heavy atom. The standard InChI is InChI=1S/C21H26FN3O5/c1-12-7-8-15(10-16(12)22)23-18(27)14(3)30-17(26)11-25-19(28)21(24-20(25)29)9-5-4-6-13(21)2/h7-8,10,13-14H,4-6,9,11H2,1-3H3,(H,23,27)(H,24,29)/t13-,14+,21+/m0/s1. The molecule has 2 fully saturated rings. The van der Waals surface area contributed by atoms with Crippen molar-refractivity contribution in [3.05, 3.63) is 29.6 Å². The van der Waals surface area contributed by atoms with E-state index in [0.717, 1.165) is 24.2 Å². The van der Waals surface area contributed by atoms with Crippen LogP contribution in [-0.2, 0) is 19.1 Å². The third-order valence-corrected chi connectivity index (χ3v) is 5.91. The van der Waals surface area contributed by atoms with Gasteiger partial charge in [-0.1, -0.05) is 25.8 Å². The van der Waals surface area contributed by atoms with E-state index in [2.05, 4.69) is 10.6 Å². The molecule has 4 amide bonds. The molecule has 1 aromatic rings. The fourth-order valence-electron chi connectivity index (χ4n) is 3.97. The number of hydrogen-bond donors (Lipinski definition) is 2. The summed E-state index contributed by atoms with van der Waals surface area (Å²) in [7, 11) is 0. The van der Waals surface area contributed by atoms with Crippen molar-refractivity contribution in [3.63, 3.8) is 0 Å². The molecule has 1 aliphatic carbocycles. The molecule has 0 aromatic heterocycles. The van der Waals surface area contributed by atoms with Crippen LogP contribution in [0, 0.1) is 18.7 Å². The van der Waals surface area contributed by atoms with E-state index in [1.54, 1.807) is 6.92 Å². The number of esters is 1. The predicted octanol–water partition coefficient (Wildman–Crippen LogP) is 2.51. The van der Waals surface area contributed by atoms with Crippen molar-refractivity contribution in [3.8, 4) is 0 Å². The molecule has 2 N–H and O–H groups in total. The summed E-state index contributed by atoms with van der Waals surface area (Å²) in [5.41, 5.74) is -0.298. The molecule has 3 atom stereocenters. The Morgan fingerprint density at radius 2 is 2.10 bits per heavy atom. The summed E-state index contributed by atoms with van der Waals surface area (Å²) in [6, 6.07) is 3.59. The van der Waals surface area contributed by atoms with Crippen molar-refractivity contribution in [2.45, 2.75) is 58.1 Å². The monoisotopic (exact) mass is 419 g/mol. The van der Waals surface area contributed by atoms with E-state index in [-0.39, 0.29) is 11.6 Å². The minimum Gasteiger partial charge on any atom is -0.451 e. The van der Waals surface area contributed by atoms with E-state index >= 15 is 0 Å². The number of halogens is 1. The van der Waals surface area contributed by atoms with Crippen molar-refractivity contribution < 1.29 is 28.3 Å². The van der Waals surface area contributed by atoms with Gasteiger partial charge in [0.05, 0.1) is 0 Å². The molecule has 3 rings (SSSR count). The van der Waals surface area contributed by atoms with Crippen LogP contribution in [-0.4, -0.2) is 46.9 Å². The number of carbonyl (C=O) groups is 4. The van der Waals surface area contributed by atoms with Crippen LogP contribution in [0.1, 0.15) is 45.1 Å². The Balaban J connectivity index is 1.58. The fraction of sp³-hybridized carbons (Fsp3) is 0.524. The minimum absolute atomic E-state index is 0.0247. The quantitative estimate of drug-likeness (QED) is 0.564. The second-order valence-electron chi connectivity index (χ2n) is 8.02. The number of rotatable bonds is 5. The van der Waals surface area contributed by atoms with E-state index in [9.17, 15) is 23.6 Å². The number of hydrogen-bond acceptors (Lipinski definition) is 5. The van der Waals surface area contributed by atoms with Gasteiger partial charge in [-0.15, -0.1) is 0 Å². The van der Waals surface area contributed by atoms with Gasteiger partial charge in [0.2, 0.25) is 0 Å². The van der Waals surface area contributed by atoms with Gasteiger partial charge in [0, 0.05) is 5.69 Å². The summed E-state index contributed by atoms with van der Waals surface area (Å²) < 4.78 is 18.7. The molecule has 162 valence electrons. The van der Waals surface area contributed by atoms with Gasteiger partial charge < -0.3 is 15.4 Å². The summed E-state index contributed by atoms with van der Waals surface area (Å²) in [5.74, 6) is -2.45. The molecule has 1 heterocycles. The number of ether oxygens (including phenoxy) is 1. The van der Waals surface area contributed by atoms with Crippen LogP contribution in [0.15, 0.2) is 18.2 Å². The number of anilines is 1. The van der Waals surface area contributed by atoms with Crippen molar-refractivity contribution in [2.75, 3.05) is 11.9 Å². The number of amides is 4. The van der Waals surface area contributed by atoms with E-state index < -0.39 is 47.8 Å². The van der Waals surface area contributed by atoms with Gasteiger partial charge in [0.25, 0.3) is 11.8 Å². The summed E-state index contributed by atoms with van der Waals surface area (Å²) in [6.07, 6.45) is 1.99. The molecule has 0 unspecified atom stereocenters. The van der Waals surface area contributed by atoms with Gasteiger partial charge in [-0.2, -0.15) is 0 Å². The average molecular weight is 419 g/mol. The van der Waals surface area contributed by atoms with Gasteiger partial charge in [0.15, 0.2) is 6.10 Å². The molecular formula is C21H26FN3O5. The first-order chi connectivity index (χ1) is 14.1. The Bertz CT molecular complexity index is 889. The lowest BCUT2D eigenvalue weighted by molar-refractivity contribution is -0.155. The van der Waals surface area contributed by atoms with Crippen LogP contribution in [0.2, 0.25) is 0 Å². The molecule has 1 aromatic carbocycles. The van der Waals surface area contributed by atoms with Crippen LogP contribution < -0.4 is 10.6 Å². The maximum atomic E-state index is 13.6. The third kappa shape index (κ3) is 4.15. The average Bonchev–Trinajstić information content (AvgIpc) is 2.92. The first-order valence-electron chi connectivity index (χ1n) is 10.0. The zero-order valence-corrected chi connectivity index (χ0v) is 17.3. The fourth-order valence-corrected chi connectivity index (χ4v) is 3.97. The Kier molecular flexibility index (Phi) is 6.09. The maximum absolute atomic E-state index is 13.6. The highest BCUT2D eigenvalue weighted by Crippen LogP contribution is 2.38. The summed E-state index contributed by atoms with van der Waals surface area (Å²) >= 11 is 0. The first kappa shape index (κ1) is 21.7. The smallest absolute Gasteiger partial charge is 0.327 e. The number of nitrogens with zero attached hydrogens (tertiary/aromatic N) is 1. The van der Waals surface area contributed by atoms with Crippen LogP contribution >= 0.6 is 0 Å². The lowest BCUT2D eigenvalue weighted by Gasteiger charge is -2.36. The predicted molar refractivity (Wildman–Crippen MR) is 106 cm³/mol. The lowest BCUT2D eigenvalue weighted by Crippen LogP contribution is -2.54. The normalized spacial score (nSPS) is 24.5. The van der Waals surface area contributed by atoms with Crippen LogP contribution in [0.5, 0.6) is 0 Å². The molecule has 8 nitrogen and oxygen atoms in total. The number of aryl methyl sites for hydroxylation is 1. The lowest BCUT2D eigenvalue weighted by atomic mass is 9.73. The Hall–Kier alpha value is -2.97. The molecule has 1 saturated carbocycles. The van der Waals surface area contributed by atoms with Gasteiger partial charge >= 0.3 is 12.0 Å². The van der Waals surface area contributed by atoms with Gasteiger partial charge in [-0.25, -0.2) is 9.18 Å². The number of carbonyl (C=O) groups excluding carboxylic acids is 4. The van der Waals surface area contributed by atoms with Gasteiger partial charge in [-0.3, -0.25) is 19.3 Å². The van der Waals surface area contributed by atoms with E-state index in [1.807, 2.05) is 6.92 Å². The van der Waals surface area contributed by atoms with Gasteiger partial charge in [-0.05, 0) is 50.3 Å². The highest BCUT2D eigenvalue weighted by Gasteiger charge is 2.55. The molecule has 0 bridgehead atoms. The highest BCUT2D eigenvalue weighted by atomic mass is 19.1. The largest absolute Gasteiger partial charge is 0.451 e. The summed E-state index contributed by atoms with van der Waals surface area (Å²) in [6.45, 7) is 4.29. The molecule has 9 heteroatoms. The molecule has 1 aliphatic heterocycles. The Labute approximate surface area is 174 Å². The minimum atomic E-state index is -1.19. The summed E-state index contributed by atoms with van der Waals surface area (Å²) in [4.78, 5) is 50.6. The number of benzene rings is 1. The molecule has 1 saturated heterocycles. The van der Waals surface area contributed by atoms with E-state index in [0.29, 0.717) is 12.0 Å². The summed E-state index contributed by atoms with van der Waals surface area (Å²) in [5, 5.41) is 5.22. The number of urea groups is 1. The SMILES string of the molecule is Cc1ccc(NC(=O)[C@@H](C)OC(=O)CN2C(=O)N[C@@]3(CCCC[C@@H]3C)C2=O)cc1F. The van der Waals surface area contributed by atoms with Crippen LogP contribution in [0.4, 0.5) is 14.9 Å². The van der Waals surface area contributed by atoms with Crippen molar-refractivity contribution >= 4 is 29.5 Å². The van der Waals surface area contributed by atoms with Crippen molar-refractivity contribution in [1.82, 2.24) is 10.2 Å². The van der Waals surface area contributed by atoms with Crippen LogP contribution in [0.25, 0.3) is 0 Å². The molecule has 1 spiro atoms. The van der Waals surface area contributed by atoms with E-state index in [1.165, 1.54) is 25.1 Å². The second-order valence-corrected chi connectivity index (χ2v) is 8.02. The number of imide groups is 1. The highest BCUT2D eigenvalue weighted by molar-refractivity contribution is 6.09. The third-order valence-electron chi connectivity index (χ3n) is 5.91. The number of nitrogens with one attached hydrogen (secondary N) is 2. The van der Waals surface area contributed by atoms with Crippen LogP contribution in [0.3, 0.4) is 0 Å². The molecule has 2 aliphatic rings. The van der Waals surface area contributed by atoms with Crippen molar-refractivity contribution in [2.24, 2.45) is 5.92 Å². The maximum Gasteiger partial charge on any atom is 0.327 e.